The van der Waals surface area contributed by atoms with Crippen LogP contribution in [0.5, 0.6) is 5.75 Å². The molecule has 0 aromatic heterocycles. The van der Waals surface area contributed by atoms with Crippen molar-refractivity contribution in [3.05, 3.63) is 23.8 Å². The van der Waals surface area contributed by atoms with E-state index in [9.17, 15) is 9.59 Å². The molecule has 3 heterocycles. The van der Waals surface area contributed by atoms with E-state index in [0.717, 1.165) is 24.4 Å². The van der Waals surface area contributed by atoms with Gasteiger partial charge in [0, 0.05) is 32.2 Å². The lowest BCUT2D eigenvalue weighted by atomic mass is 9.92. The average molecular weight is 345 g/mol. The summed E-state index contributed by atoms with van der Waals surface area (Å²) in [6.07, 6.45) is 0.500. The van der Waals surface area contributed by atoms with Crippen LogP contribution in [0.3, 0.4) is 0 Å². The predicted molar refractivity (Wildman–Crippen MR) is 92.2 cm³/mol. The molecule has 3 aliphatic heterocycles. The SMILES string of the molecule is CCC12COC(=O)N1CCN(C(=O)c1ccc3c(c1)OCCN3C)C2. The van der Waals surface area contributed by atoms with Gasteiger partial charge in [0.15, 0.2) is 0 Å². The second-order valence-corrected chi connectivity index (χ2v) is 6.96. The van der Waals surface area contributed by atoms with Crippen LogP contribution in [-0.4, -0.2) is 73.8 Å². The van der Waals surface area contributed by atoms with Crippen LogP contribution in [0.4, 0.5) is 10.5 Å². The molecule has 2 saturated heterocycles. The predicted octanol–water partition coefficient (Wildman–Crippen LogP) is 1.57. The normalized spacial score (nSPS) is 25.2. The van der Waals surface area contributed by atoms with Crippen molar-refractivity contribution in [1.82, 2.24) is 9.80 Å². The number of piperazine rings is 1. The number of nitrogens with zero attached hydrogens (tertiary/aromatic N) is 3. The van der Waals surface area contributed by atoms with E-state index in [1.54, 1.807) is 4.90 Å². The van der Waals surface area contributed by atoms with Crippen LogP contribution in [0.1, 0.15) is 23.7 Å². The fourth-order valence-corrected chi connectivity index (χ4v) is 3.91. The van der Waals surface area contributed by atoms with Crippen LogP contribution in [0.15, 0.2) is 18.2 Å². The van der Waals surface area contributed by atoms with E-state index in [1.165, 1.54) is 0 Å². The highest BCUT2D eigenvalue weighted by atomic mass is 16.6. The quantitative estimate of drug-likeness (QED) is 0.814. The molecule has 4 rings (SSSR count). The van der Waals surface area contributed by atoms with Gasteiger partial charge in [0.2, 0.25) is 0 Å². The smallest absolute Gasteiger partial charge is 0.410 e. The average Bonchev–Trinajstić information content (AvgIpc) is 2.98. The maximum atomic E-state index is 13.0. The van der Waals surface area contributed by atoms with E-state index in [-0.39, 0.29) is 12.0 Å². The molecule has 1 atom stereocenters. The number of likely N-dealkylation sites (N-methyl/N-ethyl adjacent to an activating group) is 1. The number of amides is 2. The molecule has 0 N–H and O–H groups in total. The number of rotatable bonds is 2. The van der Waals surface area contributed by atoms with Crippen molar-refractivity contribution in [1.29, 1.82) is 0 Å². The number of hydrogen-bond acceptors (Lipinski definition) is 5. The van der Waals surface area contributed by atoms with E-state index in [0.29, 0.717) is 38.4 Å². The molecule has 7 heteroatoms. The second-order valence-electron chi connectivity index (χ2n) is 6.96. The van der Waals surface area contributed by atoms with E-state index >= 15 is 0 Å². The van der Waals surface area contributed by atoms with Gasteiger partial charge in [0.1, 0.15) is 19.0 Å². The molecule has 1 aromatic rings. The van der Waals surface area contributed by atoms with Gasteiger partial charge < -0.3 is 19.3 Å². The number of hydrogen-bond donors (Lipinski definition) is 0. The maximum Gasteiger partial charge on any atom is 0.410 e. The van der Waals surface area contributed by atoms with Crippen LogP contribution < -0.4 is 9.64 Å². The molecule has 1 unspecified atom stereocenters. The summed E-state index contributed by atoms with van der Waals surface area (Å²) in [4.78, 5) is 30.6. The first-order valence-corrected chi connectivity index (χ1v) is 8.76. The molecule has 0 spiro atoms. The fraction of sp³-hybridized carbons (Fsp3) is 0.556. The Labute approximate surface area is 147 Å². The summed E-state index contributed by atoms with van der Waals surface area (Å²) in [6, 6.07) is 5.62. The number of ether oxygens (including phenoxy) is 2. The van der Waals surface area contributed by atoms with Crippen molar-refractivity contribution in [2.24, 2.45) is 0 Å². The molecule has 0 bridgehead atoms. The van der Waals surface area contributed by atoms with Crippen LogP contribution in [-0.2, 0) is 4.74 Å². The van der Waals surface area contributed by atoms with Crippen LogP contribution in [0.25, 0.3) is 0 Å². The number of fused-ring (bicyclic) bond motifs is 2. The summed E-state index contributed by atoms with van der Waals surface area (Å²) >= 11 is 0. The Morgan fingerprint density at radius 1 is 1.24 bits per heavy atom. The summed E-state index contributed by atoms with van der Waals surface area (Å²) in [5.74, 6) is 0.731. The van der Waals surface area contributed by atoms with E-state index in [4.69, 9.17) is 9.47 Å². The van der Waals surface area contributed by atoms with Crippen molar-refractivity contribution >= 4 is 17.7 Å². The van der Waals surface area contributed by atoms with Gasteiger partial charge >= 0.3 is 6.09 Å². The lowest BCUT2D eigenvalue weighted by Gasteiger charge is -2.44. The van der Waals surface area contributed by atoms with Gasteiger partial charge in [0.05, 0.1) is 17.8 Å². The first-order chi connectivity index (χ1) is 12.0. The second kappa shape index (κ2) is 5.82. The Morgan fingerprint density at radius 3 is 2.88 bits per heavy atom. The Balaban J connectivity index is 1.56. The van der Waals surface area contributed by atoms with Crippen LogP contribution in [0, 0.1) is 0 Å². The zero-order valence-corrected chi connectivity index (χ0v) is 14.7. The third kappa shape index (κ3) is 2.49. The molecule has 0 radical (unpaired) electrons. The van der Waals surface area contributed by atoms with Gasteiger partial charge in [-0.25, -0.2) is 4.79 Å². The van der Waals surface area contributed by atoms with Crippen molar-refractivity contribution in [3.8, 4) is 5.75 Å². The first kappa shape index (κ1) is 16.1. The highest BCUT2D eigenvalue weighted by Crippen LogP contribution is 2.34. The van der Waals surface area contributed by atoms with Gasteiger partial charge in [-0.05, 0) is 24.6 Å². The molecule has 1 aromatic carbocycles. The lowest BCUT2D eigenvalue weighted by Crippen LogP contribution is -2.62. The summed E-state index contributed by atoms with van der Waals surface area (Å²) in [5.41, 5.74) is 1.24. The number of carbonyl (C=O) groups excluding carboxylic acids is 2. The van der Waals surface area contributed by atoms with E-state index in [1.807, 2.05) is 37.1 Å². The molecular formula is C18H23N3O4. The zero-order valence-electron chi connectivity index (χ0n) is 14.7. The van der Waals surface area contributed by atoms with Crippen molar-refractivity contribution in [3.63, 3.8) is 0 Å². The van der Waals surface area contributed by atoms with Gasteiger partial charge in [-0.3, -0.25) is 9.69 Å². The highest BCUT2D eigenvalue weighted by molar-refractivity contribution is 5.95. The minimum absolute atomic E-state index is 0.0218. The van der Waals surface area contributed by atoms with E-state index in [2.05, 4.69) is 4.90 Å². The van der Waals surface area contributed by atoms with Gasteiger partial charge in [-0.2, -0.15) is 0 Å². The van der Waals surface area contributed by atoms with Gasteiger partial charge in [0.25, 0.3) is 5.91 Å². The Bertz CT molecular complexity index is 722. The molecule has 2 fully saturated rings. The summed E-state index contributed by atoms with van der Waals surface area (Å²) in [5, 5.41) is 0. The molecule has 0 saturated carbocycles. The third-order valence-corrected chi connectivity index (χ3v) is 5.58. The number of benzene rings is 1. The largest absolute Gasteiger partial charge is 0.490 e. The Hall–Kier alpha value is -2.44. The lowest BCUT2D eigenvalue weighted by molar-refractivity contribution is 0.0361. The van der Waals surface area contributed by atoms with Gasteiger partial charge in [-0.15, -0.1) is 0 Å². The van der Waals surface area contributed by atoms with E-state index < -0.39 is 5.54 Å². The molecule has 134 valence electrons. The van der Waals surface area contributed by atoms with Crippen molar-refractivity contribution < 1.29 is 19.1 Å². The van der Waals surface area contributed by atoms with Gasteiger partial charge in [-0.1, -0.05) is 6.92 Å². The summed E-state index contributed by atoms with van der Waals surface area (Å²) in [6.45, 7) is 5.39. The van der Waals surface area contributed by atoms with Crippen LogP contribution >= 0.6 is 0 Å². The maximum absolute atomic E-state index is 13.0. The molecule has 25 heavy (non-hydrogen) atoms. The standard InChI is InChI=1S/C18H23N3O4/c1-3-18-11-20(6-7-21(18)17(23)25-12-18)16(22)13-4-5-14-15(10-13)24-9-8-19(14)2/h4-5,10H,3,6-9,11-12H2,1-2H3. The molecule has 3 aliphatic rings. The molecular weight excluding hydrogens is 322 g/mol. The fourth-order valence-electron chi connectivity index (χ4n) is 3.91. The first-order valence-electron chi connectivity index (χ1n) is 8.76. The van der Waals surface area contributed by atoms with Crippen molar-refractivity contribution in [2.75, 3.05) is 51.3 Å². The molecule has 7 nitrogen and oxygen atoms in total. The zero-order chi connectivity index (χ0) is 17.6. The Morgan fingerprint density at radius 2 is 2.08 bits per heavy atom. The summed E-state index contributed by atoms with van der Waals surface area (Å²) in [7, 11) is 2.02. The van der Waals surface area contributed by atoms with Crippen molar-refractivity contribution in [2.45, 2.75) is 18.9 Å². The number of carbonyl (C=O) groups is 2. The highest BCUT2D eigenvalue weighted by Gasteiger charge is 2.50. The van der Waals surface area contributed by atoms with Crippen LogP contribution in [0.2, 0.25) is 0 Å². The number of cyclic esters (lactones) is 1. The molecule has 2 amide bonds. The third-order valence-electron chi connectivity index (χ3n) is 5.58. The topological polar surface area (TPSA) is 62.3 Å². The molecule has 0 aliphatic carbocycles. The summed E-state index contributed by atoms with van der Waals surface area (Å²) < 4.78 is 10.9. The minimum Gasteiger partial charge on any atom is -0.490 e. The number of anilines is 1. The monoisotopic (exact) mass is 345 g/mol. The minimum atomic E-state index is -0.393. The Kier molecular flexibility index (Phi) is 3.74.